The SMILES string of the molecule is NCC1CN(c2c(F)cccc2F)C(=O)O1. The zero-order valence-corrected chi connectivity index (χ0v) is 8.32. The van der Waals surface area contributed by atoms with E-state index in [9.17, 15) is 13.6 Å². The summed E-state index contributed by atoms with van der Waals surface area (Å²) in [5.74, 6) is -1.59. The number of ether oxygens (including phenoxy) is 1. The molecule has 86 valence electrons. The molecule has 0 aromatic heterocycles. The van der Waals surface area contributed by atoms with E-state index in [1.54, 1.807) is 0 Å². The van der Waals surface area contributed by atoms with Gasteiger partial charge in [0.15, 0.2) is 0 Å². The molecule has 1 unspecified atom stereocenters. The van der Waals surface area contributed by atoms with Gasteiger partial charge in [0.2, 0.25) is 0 Å². The van der Waals surface area contributed by atoms with E-state index in [0.29, 0.717) is 0 Å². The van der Waals surface area contributed by atoms with Crippen molar-refractivity contribution in [2.75, 3.05) is 18.0 Å². The van der Waals surface area contributed by atoms with Gasteiger partial charge in [0.05, 0.1) is 6.54 Å². The van der Waals surface area contributed by atoms with Gasteiger partial charge < -0.3 is 10.5 Å². The Bertz CT molecular complexity index is 405. The van der Waals surface area contributed by atoms with Crippen LogP contribution in [0.2, 0.25) is 0 Å². The predicted molar refractivity (Wildman–Crippen MR) is 53.0 cm³/mol. The van der Waals surface area contributed by atoms with Crippen molar-refractivity contribution < 1.29 is 18.3 Å². The molecule has 1 atom stereocenters. The number of halogens is 2. The molecule has 0 bridgehead atoms. The fourth-order valence-electron chi connectivity index (χ4n) is 1.57. The van der Waals surface area contributed by atoms with Crippen LogP contribution in [0, 0.1) is 11.6 Å². The number of nitrogens with two attached hydrogens (primary N) is 1. The van der Waals surface area contributed by atoms with E-state index in [0.717, 1.165) is 17.0 Å². The second-order valence-corrected chi connectivity index (χ2v) is 3.42. The smallest absolute Gasteiger partial charge is 0.414 e. The zero-order valence-electron chi connectivity index (χ0n) is 8.32. The number of hydrogen-bond donors (Lipinski definition) is 1. The fraction of sp³-hybridized carbons (Fsp3) is 0.300. The maximum absolute atomic E-state index is 13.4. The number of rotatable bonds is 2. The molecule has 4 nitrogen and oxygen atoms in total. The first-order valence-electron chi connectivity index (χ1n) is 4.75. The molecule has 6 heteroatoms. The quantitative estimate of drug-likeness (QED) is 0.828. The molecule has 16 heavy (non-hydrogen) atoms. The highest BCUT2D eigenvalue weighted by molar-refractivity contribution is 5.90. The molecule has 1 aliphatic heterocycles. The lowest BCUT2D eigenvalue weighted by molar-refractivity contribution is 0.145. The van der Waals surface area contributed by atoms with Crippen LogP contribution >= 0.6 is 0 Å². The number of hydrogen-bond acceptors (Lipinski definition) is 3. The second kappa shape index (κ2) is 4.05. The van der Waals surface area contributed by atoms with Crippen molar-refractivity contribution in [1.29, 1.82) is 0 Å². The van der Waals surface area contributed by atoms with Gasteiger partial charge in [-0.3, -0.25) is 4.90 Å². The van der Waals surface area contributed by atoms with E-state index in [1.807, 2.05) is 0 Å². The third-order valence-electron chi connectivity index (χ3n) is 2.34. The summed E-state index contributed by atoms with van der Waals surface area (Å²) in [5, 5.41) is 0. The molecule has 1 aromatic carbocycles. The Kier molecular flexibility index (Phi) is 2.74. The minimum atomic E-state index is -0.797. The molecule has 2 rings (SSSR count). The van der Waals surface area contributed by atoms with Crippen molar-refractivity contribution in [2.45, 2.75) is 6.10 Å². The van der Waals surface area contributed by atoms with Crippen molar-refractivity contribution in [3.05, 3.63) is 29.8 Å². The third kappa shape index (κ3) is 1.71. The lowest BCUT2D eigenvalue weighted by Crippen LogP contribution is -2.28. The third-order valence-corrected chi connectivity index (χ3v) is 2.34. The summed E-state index contributed by atoms with van der Waals surface area (Å²) in [6.07, 6.45) is -1.30. The first-order chi connectivity index (χ1) is 7.63. The molecule has 1 saturated heterocycles. The normalized spacial score (nSPS) is 20.1. The van der Waals surface area contributed by atoms with Crippen LogP contribution in [0.5, 0.6) is 0 Å². The minimum Gasteiger partial charge on any atom is -0.443 e. The zero-order chi connectivity index (χ0) is 11.7. The average Bonchev–Trinajstić information content (AvgIpc) is 2.60. The Hall–Kier alpha value is -1.69. The molecule has 0 spiro atoms. The standard InChI is InChI=1S/C10H10F2N2O2/c11-7-2-1-3-8(12)9(7)14-5-6(4-13)16-10(14)15/h1-3,6H,4-5,13H2. The van der Waals surface area contributed by atoms with Gasteiger partial charge in [0, 0.05) is 6.54 Å². The van der Waals surface area contributed by atoms with Crippen LogP contribution in [0.4, 0.5) is 19.3 Å². The molecule has 1 aromatic rings. The number of nitrogens with zero attached hydrogens (tertiary/aromatic N) is 1. The van der Waals surface area contributed by atoms with Crippen LogP contribution in [0.25, 0.3) is 0 Å². The summed E-state index contributed by atoms with van der Waals surface area (Å²) in [5.41, 5.74) is 4.94. The van der Waals surface area contributed by atoms with Crippen LogP contribution in [0.3, 0.4) is 0 Å². The van der Waals surface area contributed by atoms with E-state index < -0.39 is 23.8 Å². The van der Waals surface area contributed by atoms with E-state index in [2.05, 4.69) is 0 Å². The summed E-state index contributed by atoms with van der Waals surface area (Å²) in [6.45, 7) is 0.186. The lowest BCUT2D eigenvalue weighted by Gasteiger charge is -2.14. The lowest BCUT2D eigenvalue weighted by atomic mass is 10.2. The van der Waals surface area contributed by atoms with Crippen molar-refractivity contribution in [2.24, 2.45) is 5.73 Å². The van der Waals surface area contributed by atoms with Gasteiger partial charge in [-0.15, -0.1) is 0 Å². The number of anilines is 1. The van der Waals surface area contributed by atoms with Crippen LogP contribution in [-0.4, -0.2) is 25.3 Å². The molecular weight excluding hydrogens is 218 g/mol. The first kappa shape index (κ1) is 10.8. The van der Waals surface area contributed by atoms with E-state index in [-0.39, 0.29) is 18.8 Å². The molecule has 0 saturated carbocycles. The van der Waals surface area contributed by atoms with Crippen LogP contribution in [0.1, 0.15) is 0 Å². The second-order valence-electron chi connectivity index (χ2n) is 3.42. The number of benzene rings is 1. The molecular formula is C10H10F2N2O2. The largest absolute Gasteiger partial charge is 0.443 e. The van der Waals surface area contributed by atoms with E-state index >= 15 is 0 Å². The minimum absolute atomic E-state index is 0.0627. The Labute approximate surface area is 90.6 Å². The van der Waals surface area contributed by atoms with Crippen LogP contribution < -0.4 is 10.6 Å². The average molecular weight is 228 g/mol. The summed E-state index contributed by atoms with van der Waals surface area (Å²) < 4.78 is 31.6. The highest BCUT2D eigenvalue weighted by Crippen LogP contribution is 2.27. The summed E-state index contributed by atoms with van der Waals surface area (Å²) in [6, 6.07) is 3.40. The molecule has 1 heterocycles. The van der Waals surface area contributed by atoms with Gasteiger partial charge in [0.1, 0.15) is 23.4 Å². The highest BCUT2D eigenvalue weighted by Gasteiger charge is 2.34. The molecule has 1 amide bonds. The number of para-hydroxylation sites is 1. The van der Waals surface area contributed by atoms with Gasteiger partial charge in [-0.25, -0.2) is 13.6 Å². The van der Waals surface area contributed by atoms with Gasteiger partial charge in [0.25, 0.3) is 0 Å². The van der Waals surface area contributed by atoms with Gasteiger partial charge >= 0.3 is 6.09 Å². The molecule has 1 aliphatic rings. The number of amides is 1. The number of carbonyl (C=O) groups is 1. The van der Waals surface area contributed by atoms with Gasteiger partial charge in [-0.1, -0.05) is 6.07 Å². The van der Waals surface area contributed by atoms with E-state index in [4.69, 9.17) is 10.5 Å². The Morgan fingerprint density at radius 1 is 1.44 bits per heavy atom. The monoisotopic (exact) mass is 228 g/mol. The van der Waals surface area contributed by atoms with Crippen LogP contribution in [-0.2, 0) is 4.74 Å². The molecule has 1 fully saturated rings. The summed E-state index contributed by atoms with van der Waals surface area (Å²) in [4.78, 5) is 12.3. The van der Waals surface area contributed by atoms with Crippen molar-refractivity contribution in [3.8, 4) is 0 Å². The Morgan fingerprint density at radius 2 is 2.06 bits per heavy atom. The number of carbonyl (C=O) groups excluding carboxylic acids is 1. The summed E-state index contributed by atoms with van der Waals surface area (Å²) >= 11 is 0. The molecule has 0 radical (unpaired) electrons. The predicted octanol–water partition coefficient (Wildman–Crippen LogP) is 1.25. The summed E-state index contributed by atoms with van der Waals surface area (Å²) in [7, 11) is 0. The van der Waals surface area contributed by atoms with E-state index in [1.165, 1.54) is 6.07 Å². The maximum Gasteiger partial charge on any atom is 0.414 e. The van der Waals surface area contributed by atoms with Gasteiger partial charge in [-0.2, -0.15) is 0 Å². The van der Waals surface area contributed by atoms with Crippen molar-refractivity contribution >= 4 is 11.8 Å². The molecule has 0 aliphatic carbocycles. The Morgan fingerprint density at radius 3 is 2.56 bits per heavy atom. The fourth-order valence-corrected chi connectivity index (χ4v) is 1.57. The van der Waals surface area contributed by atoms with Gasteiger partial charge in [-0.05, 0) is 12.1 Å². The molecule has 2 N–H and O–H groups in total. The maximum atomic E-state index is 13.4. The topological polar surface area (TPSA) is 55.6 Å². The Balaban J connectivity index is 2.35. The number of cyclic esters (lactones) is 1. The van der Waals surface area contributed by atoms with Crippen LogP contribution in [0.15, 0.2) is 18.2 Å². The van der Waals surface area contributed by atoms with Crippen molar-refractivity contribution in [1.82, 2.24) is 0 Å². The van der Waals surface area contributed by atoms with Crippen molar-refractivity contribution in [3.63, 3.8) is 0 Å². The first-order valence-corrected chi connectivity index (χ1v) is 4.75. The highest BCUT2D eigenvalue weighted by atomic mass is 19.1.